The third-order valence-electron chi connectivity index (χ3n) is 2.27. The van der Waals surface area contributed by atoms with Gasteiger partial charge in [-0.2, -0.15) is 0 Å². The first-order valence-electron chi connectivity index (χ1n) is 4.82. The fourth-order valence-electron chi connectivity index (χ4n) is 1.70. The minimum absolute atomic E-state index is 0.484. The van der Waals surface area contributed by atoms with E-state index in [-0.39, 0.29) is 0 Å². The van der Waals surface area contributed by atoms with Crippen LogP contribution in [0.15, 0.2) is 17.6 Å². The number of hydrogen-bond donors (Lipinski definition) is 1. The molecule has 13 heavy (non-hydrogen) atoms. The summed E-state index contributed by atoms with van der Waals surface area (Å²) >= 11 is 0. The fraction of sp³-hybridized carbons (Fsp3) is 0.700. The van der Waals surface area contributed by atoms with Gasteiger partial charge in [0.1, 0.15) is 0 Å². The molecule has 0 aromatic heterocycles. The molecule has 0 aromatic carbocycles. The summed E-state index contributed by atoms with van der Waals surface area (Å²) in [5.74, 6) is 1.36. The summed E-state index contributed by atoms with van der Waals surface area (Å²) in [6, 6.07) is 0.484. The summed E-state index contributed by atoms with van der Waals surface area (Å²) in [7, 11) is 0. The summed E-state index contributed by atoms with van der Waals surface area (Å²) < 4.78 is 0. The molecule has 1 atom stereocenters. The normalized spacial score (nSPS) is 22.2. The summed E-state index contributed by atoms with van der Waals surface area (Å²) in [6.07, 6.45) is 3.03. The highest BCUT2D eigenvalue weighted by molar-refractivity contribution is 5.80. The Morgan fingerprint density at radius 1 is 1.77 bits per heavy atom. The van der Waals surface area contributed by atoms with Gasteiger partial charge in [-0.3, -0.25) is 4.99 Å². The van der Waals surface area contributed by atoms with Crippen molar-refractivity contribution in [2.24, 2.45) is 16.6 Å². The Hall–Kier alpha value is -0.990. The van der Waals surface area contributed by atoms with Crippen LogP contribution in [0.2, 0.25) is 0 Å². The molecule has 0 fully saturated rings. The molecule has 0 spiro atoms. The monoisotopic (exact) mass is 181 g/mol. The van der Waals surface area contributed by atoms with Gasteiger partial charge in [-0.05, 0) is 12.3 Å². The minimum atomic E-state index is 0.484. The first kappa shape index (κ1) is 10.1. The van der Waals surface area contributed by atoms with E-state index in [0.29, 0.717) is 17.9 Å². The second-order valence-electron chi connectivity index (χ2n) is 3.92. The van der Waals surface area contributed by atoms with Crippen molar-refractivity contribution in [3.63, 3.8) is 0 Å². The average molecular weight is 181 g/mol. The zero-order valence-corrected chi connectivity index (χ0v) is 8.53. The Morgan fingerprint density at radius 2 is 2.46 bits per heavy atom. The lowest BCUT2D eigenvalue weighted by molar-refractivity contribution is 0.318. The van der Waals surface area contributed by atoms with E-state index < -0.39 is 0 Å². The van der Waals surface area contributed by atoms with Gasteiger partial charge in [0.15, 0.2) is 5.96 Å². The third kappa shape index (κ3) is 2.47. The van der Waals surface area contributed by atoms with Gasteiger partial charge in [-0.15, -0.1) is 6.58 Å². The van der Waals surface area contributed by atoms with E-state index in [1.807, 2.05) is 6.08 Å². The maximum Gasteiger partial charge on any atom is 0.191 e. The Morgan fingerprint density at radius 3 is 3.00 bits per heavy atom. The molecule has 1 heterocycles. The molecule has 3 nitrogen and oxygen atoms in total. The van der Waals surface area contributed by atoms with Crippen LogP contribution in [0, 0.1) is 5.92 Å². The lowest BCUT2D eigenvalue weighted by Gasteiger charge is -2.26. The van der Waals surface area contributed by atoms with Crippen molar-refractivity contribution >= 4 is 5.96 Å². The van der Waals surface area contributed by atoms with Crippen molar-refractivity contribution in [2.75, 3.05) is 13.1 Å². The largest absolute Gasteiger partial charge is 0.370 e. The van der Waals surface area contributed by atoms with Crippen molar-refractivity contribution in [2.45, 2.75) is 26.3 Å². The zero-order chi connectivity index (χ0) is 9.84. The summed E-state index contributed by atoms with van der Waals surface area (Å²) in [6.45, 7) is 9.82. The van der Waals surface area contributed by atoms with Crippen LogP contribution < -0.4 is 5.73 Å². The standard InChI is InChI=1S/C10H19N3/c1-4-5-13-9(6-8(2)3)7-12-10(13)11/h4,8-9H,1,5-7H2,2-3H3,(H2,11,12). The van der Waals surface area contributed by atoms with Crippen molar-refractivity contribution in [3.8, 4) is 0 Å². The number of guanidine groups is 1. The summed E-state index contributed by atoms with van der Waals surface area (Å²) in [5.41, 5.74) is 5.76. The predicted molar refractivity (Wildman–Crippen MR) is 56.6 cm³/mol. The molecule has 0 radical (unpaired) electrons. The van der Waals surface area contributed by atoms with Gasteiger partial charge in [-0.1, -0.05) is 19.9 Å². The van der Waals surface area contributed by atoms with Crippen molar-refractivity contribution < 1.29 is 0 Å². The van der Waals surface area contributed by atoms with Gasteiger partial charge in [0.25, 0.3) is 0 Å². The highest BCUT2D eigenvalue weighted by atomic mass is 15.3. The molecule has 0 bridgehead atoms. The van der Waals surface area contributed by atoms with Gasteiger partial charge in [0, 0.05) is 6.54 Å². The van der Waals surface area contributed by atoms with Gasteiger partial charge >= 0.3 is 0 Å². The second kappa shape index (κ2) is 4.30. The molecule has 1 aliphatic heterocycles. The Kier molecular flexibility index (Phi) is 3.34. The molecule has 0 aromatic rings. The number of hydrogen-bond acceptors (Lipinski definition) is 3. The van der Waals surface area contributed by atoms with Crippen LogP contribution >= 0.6 is 0 Å². The number of rotatable bonds is 4. The zero-order valence-electron chi connectivity index (χ0n) is 8.53. The van der Waals surface area contributed by atoms with Crippen LogP contribution in [-0.2, 0) is 0 Å². The highest BCUT2D eigenvalue weighted by Crippen LogP contribution is 2.16. The van der Waals surface area contributed by atoms with Gasteiger partial charge in [0.05, 0.1) is 12.6 Å². The number of aliphatic imine (C=N–C) groups is 1. The molecule has 74 valence electrons. The van der Waals surface area contributed by atoms with Crippen LogP contribution in [0.5, 0.6) is 0 Å². The average Bonchev–Trinajstić information content (AvgIpc) is 2.35. The maximum absolute atomic E-state index is 5.76. The fourth-order valence-corrected chi connectivity index (χ4v) is 1.70. The van der Waals surface area contributed by atoms with Gasteiger partial charge in [-0.25, -0.2) is 0 Å². The van der Waals surface area contributed by atoms with Crippen LogP contribution in [0.25, 0.3) is 0 Å². The van der Waals surface area contributed by atoms with E-state index in [9.17, 15) is 0 Å². The molecule has 1 rings (SSSR count). The van der Waals surface area contributed by atoms with E-state index in [1.165, 1.54) is 0 Å². The van der Waals surface area contributed by atoms with Crippen molar-refractivity contribution in [1.82, 2.24) is 4.90 Å². The molecule has 0 amide bonds. The lowest BCUT2D eigenvalue weighted by atomic mass is 10.0. The molecule has 0 aliphatic carbocycles. The van der Waals surface area contributed by atoms with Crippen molar-refractivity contribution in [3.05, 3.63) is 12.7 Å². The third-order valence-corrected chi connectivity index (χ3v) is 2.27. The summed E-state index contributed by atoms with van der Waals surface area (Å²) in [4.78, 5) is 6.38. The van der Waals surface area contributed by atoms with Crippen LogP contribution in [0.4, 0.5) is 0 Å². The quantitative estimate of drug-likeness (QED) is 0.662. The molecule has 3 heteroatoms. The second-order valence-corrected chi connectivity index (χ2v) is 3.92. The highest BCUT2D eigenvalue weighted by Gasteiger charge is 2.24. The smallest absolute Gasteiger partial charge is 0.191 e. The Balaban J connectivity index is 2.52. The van der Waals surface area contributed by atoms with Crippen molar-refractivity contribution in [1.29, 1.82) is 0 Å². The van der Waals surface area contributed by atoms with E-state index in [0.717, 1.165) is 19.5 Å². The lowest BCUT2D eigenvalue weighted by Crippen LogP contribution is -2.41. The minimum Gasteiger partial charge on any atom is -0.370 e. The van der Waals surface area contributed by atoms with Crippen LogP contribution in [0.3, 0.4) is 0 Å². The van der Waals surface area contributed by atoms with E-state index in [4.69, 9.17) is 5.73 Å². The first-order chi connectivity index (χ1) is 6.15. The van der Waals surface area contributed by atoms with Crippen LogP contribution in [0.1, 0.15) is 20.3 Å². The topological polar surface area (TPSA) is 41.6 Å². The molecule has 0 saturated carbocycles. The predicted octanol–water partition coefficient (Wildman–Crippen LogP) is 1.22. The number of nitrogens with two attached hydrogens (primary N) is 1. The first-order valence-corrected chi connectivity index (χ1v) is 4.82. The number of nitrogens with zero attached hydrogens (tertiary/aromatic N) is 2. The van der Waals surface area contributed by atoms with Gasteiger partial charge in [0.2, 0.25) is 0 Å². The Bertz CT molecular complexity index is 208. The molecule has 1 unspecified atom stereocenters. The van der Waals surface area contributed by atoms with Crippen LogP contribution in [-0.4, -0.2) is 30.0 Å². The van der Waals surface area contributed by atoms with E-state index in [2.05, 4.69) is 30.3 Å². The SMILES string of the molecule is C=CCN1C(N)=NCC1CC(C)C. The molecule has 1 aliphatic rings. The van der Waals surface area contributed by atoms with E-state index in [1.54, 1.807) is 0 Å². The van der Waals surface area contributed by atoms with E-state index >= 15 is 0 Å². The molecule has 0 saturated heterocycles. The van der Waals surface area contributed by atoms with Gasteiger partial charge < -0.3 is 10.6 Å². The maximum atomic E-state index is 5.76. The summed E-state index contributed by atoms with van der Waals surface area (Å²) in [5, 5.41) is 0. The molecular weight excluding hydrogens is 162 g/mol. The molecule has 2 N–H and O–H groups in total. The molecular formula is C10H19N3. The Labute approximate surface area is 80.3 Å².